The van der Waals surface area contributed by atoms with Crippen molar-refractivity contribution in [3.05, 3.63) is 300 Å². The Morgan fingerprint density at radius 1 is 0.612 bits per heavy atom. The van der Waals surface area contributed by atoms with E-state index in [0.717, 1.165) is 97.4 Å². The number of allylic oxidation sites excluding steroid dienone is 30. The zero-order valence-corrected chi connectivity index (χ0v) is 48.1. The van der Waals surface area contributed by atoms with Crippen LogP contribution in [0.15, 0.2) is 271 Å². The quantitative estimate of drug-likeness (QED) is 0.133. The molecule has 1 aliphatic heterocycles. The molecule has 0 N–H and O–H groups in total. The summed E-state index contributed by atoms with van der Waals surface area (Å²) in [5.74, 6) is -0.601. The third-order valence-electron chi connectivity index (χ3n) is 21.6. The Morgan fingerprint density at radius 3 is 2.24 bits per heavy atom. The number of ether oxygens (including phenoxy) is 1. The smallest absolute Gasteiger partial charge is 0.160 e. The van der Waals surface area contributed by atoms with Crippen molar-refractivity contribution in [3.8, 4) is 5.75 Å². The molecule has 1 saturated carbocycles. The van der Waals surface area contributed by atoms with E-state index in [0.29, 0.717) is 35.6 Å². The zero-order chi connectivity index (χ0) is 57.6. The number of benzene rings is 3. The summed E-state index contributed by atoms with van der Waals surface area (Å²) in [5.41, 5.74) is 11.6. The second-order valence-electron chi connectivity index (χ2n) is 25.5. The molecule has 3 nitrogen and oxygen atoms in total. The van der Waals surface area contributed by atoms with E-state index in [4.69, 9.17) is 4.74 Å². The first kappa shape index (κ1) is 53.8. The van der Waals surface area contributed by atoms with E-state index in [1.54, 1.807) is 6.07 Å². The van der Waals surface area contributed by atoms with E-state index in [2.05, 4.69) is 187 Å². The maximum absolute atomic E-state index is 15.9. The minimum absolute atomic E-state index is 0.0425. The molecule has 428 valence electrons. The second-order valence-corrected chi connectivity index (χ2v) is 25.5. The van der Waals surface area contributed by atoms with Gasteiger partial charge in [-0.2, -0.15) is 0 Å². The lowest BCUT2D eigenvalue weighted by Crippen LogP contribution is -2.43. The summed E-state index contributed by atoms with van der Waals surface area (Å²) in [6.45, 7) is 8.26. The van der Waals surface area contributed by atoms with Gasteiger partial charge in [0.25, 0.3) is 0 Å². The first-order chi connectivity index (χ1) is 41.7. The molecule has 3 aromatic rings. The highest BCUT2D eigenvalue weighted by Crippen LogP contribution is 2.69. The molecule has 13 atom stereocenters. The van der Waals surface area contributed by atoms with Crippen LogP contribution in [-0.2, 0) is 5.41 Å². The van der Waals surface area contributed by atoms with Gasteiger partial charge in [0.1, 0.15) is 17.7 Å². The second kappa shape index (κ2) is 21.6. The summed E-state index contributed by atoms with van der Waals surface area (Å²) >= 11 is 0. The van der Waals surface area contributed by atoms with Crippen molar-refractivity contribution in [3.63, 3.8) is 0 Å². The first-order valence-electron chi connectivity index (χ1n) is 31.3. The van der Waals surface area contributed by atoms with Crippen molar-refractivity contribution >= 4 is 17.1 Å². The van der Waals surface area contributed by atoms with Gasteiger partial charge in [-0.05, 0) is 201 Å². The van der Waals surface area contributed by atoms with Gasteiger partial charge in [0.15, 0.2) is 17.5 Å². The molecule has 12 aliphatic rings. The van der Waals surface area contributed by atoms with Gasteiger partial charge in [-0.3, -0.25) is 0 Å². The Labute approximate surface area is 498 Å². The lowest BCUT2D eigenvalue weighted by molar-refractivity contribution is 0.116. The number of hydrogen-bond donors (Lipinski definition) is 0. The van der Waals surface area contributed by atoms with Gasteiger partial charge in [0.05, 0.1) is 0 Å². The minimum atomic E-state index is -0.913. The average Bonchev–Trinajstić information content (AvgIpc) is 1.60. The lowest BCUT2D eigenvalue weighted by Gasteiger charge is -2.50. The standard InChI is InChI=1S/C78H72F4N2O/c1-3-49-23-27-53(28-24-49)77(51-15-7-5-8-16-51)67-21-13-11-19-61(67)63-37-31-57(45-69(63)77)83(59-33-39-71(79)73(81)47-59)55-35-41-75-65(43-55)66-44-56(36-42-76(66)85-75)84(60-34-40-72(80)74(82)48-60)58-32-38-64-62-20-12-14-22-68(62)78(70(64)46-58,52-17-9-6-10-18-52)54-29-25-50(4-2)26-30-54/h3-7,9,11-13,17,19-21,23,25-29,31-32,34-38,40-49,51,54,61-62,64,66-68,70,76H,1-2,8,10,14-16,18,22,24,30,33,39H2. The molecule has 0 amide bonds. The van der Waals surface area contributed by atoms with Gasteiger partial charge < -0.3 is 14.5 Å². The summed E-state index contributed by atoms with van der Waals surface area (Å²) < 4.78 is 68.8. The Kier molecular flexibility index (Phi) is 13.6. The highest BCUT2D eigenvalue weighted by atomic mass is 19.2. The fraction of sp³-hybridized carbons (Fsp3) is 0.308. The molecular weight excluding hydrogens is 1060 g/mol. The fourth-order valence-corrected chi connectivity index (χ4v) is 18.0. The van der Waals surface area contributed by atoms with Crippen LogP contribution in [0.2, 0.25) is 0 Å². The molecule has 0 spiro atoms. The molecule has 7 heteroatoms. The van der Waals surface area contributed by atoms with Crippen molar-refractivity contribution in [2.45, 2.75) is 94.0 Å². The number of rotatable bonds is 12. The van der Waals surface area contributed by atoms with Crippen LogP contribution in [0.25, 0.3) is 0 Å². The van der Waals surface area contributed by atoms with Crippen molar-refractivity contribution in [1.29, 1.82) is 0 Å². The predicted molar refractivity (Wildman–Crippen MR) is 337 cm³/mol. The monoisotopic (exact) mass is 1130 g/mol. The van der Waals surface area contributed by atoms with E-state index in [-0.39, 0.29) is 64.8 Å². The van der Waals surface area contributed by atoms with Crippen molar-refractivity contribution in [2.24, 2.45) is 52.8 Å². The van der Waals surface area contributed by atoms with Gasteiger partial charge in [-0.1, -0.05) is 146 Å². The molecule has 0 radical (unpaired) electrons. The van der Waals surface area contributed by atoms with Gasteiger partial charge >= 0.3 is 0 Å². The SMILES string of the molecule is C=CC1=CCC(C2(C3=CC=CCC3)C3C=C(N(C4=CC5c6cc(N(C7=CC(F)=C(F)CC7)c7ccc8c(c7)C(C7=CCC(C=C)C=C7)(C7CC=CCC7)C7C=CC=CC87)ccc6OC5C=C4)c4ccc(F)c(F)c4)C=CC3C3C=CCCC32)C=C1. The molecule has 11 aliphatic carbocycles. The topological polar surface area (TPSA) is 15.7 Å². The lowest BCUT2D eigenvalue weighted by atomic mass is 9.54. The summed E-state index contributed by atoms with van der Waals surface area (Å²) in [6.07, 6.45) is 67.8. The first-order valence-corrected chi connectivity index (χ1v) is 31.3. The van der Waals surface area contributed by atoms with Gasteiger partial charge in [0.2, 0.25) is 0 Å². The molecule has 13 unspecified atom stereocenters. The molecule has 85 heavy (non-hydrogen) atoms. The van der Waals surface area contributed by atoms with Crippen molar-refractivity contribution in [1.82, 2.24) is 0 Å². The van der Waals surface area contributed by atoms with E-state index >= 15 is 17.6 Å². The number of fused-ring (bicyclic) bond motifs is 9. The van der Waals surface area contributed by atoms with E-state index in [9.17, 15) is 0 Å². The van der Waals surface area contributed by atoms with Crippen LogP contribution in [-0.4, -0.2) is 6.10 Å². The maximum Gasteiger partial charge on any atom is 0.160 e. The highest BCUT2D eigenvalue weighted by molar-refractivity contribution is 5.75. The third-order valence-corrected chi connectivity index (χ3v) is 21.6. The number of halogens is 4. The molecule has 0 saturated heterocycles. The van der Waals surface area contributed by atoms with E-state index < -0.39 is 23.3 Å². The number of hydrogen-bond acceptors (Lipinski definition) is 3. The van der Waals surface area contributed by atoms with Crippen LogP contribution in [0.5, 0.6) is 5.75 Å². The van der Waals surface area contributed by atoms with Crippen molar-refractivity contribution < 1.29 is 22.3 Å². The van der Waals surface area contributed by atoms with Gasteiger partial charge in [-0.15, -0.1) is 6.58 Å². The minimum Gasteiger partial charge on any atom is -0.485 e. The largest absolute Gasteiger partial charge is 0.485 e. The van der Waals surface area contributed by atoms with Crippen LogP contribution >= 0.6 is 0 Å². The number of nitrogens with zero attached hydrogens (tertiary/aromatic N) is 2. The molecule has 0 aromatic heterocycles. The average molecular weight is 1130 g/mol. The zero-order valence-electron chi connectivity index (χ0n) is 48.1. The maximum atomic E-state index is 15.9. The summed E-state index contributed by atoms with van der Waals surface area (Å²) in [7, 11) is 0. The molecule has 3 aromatic carbocycles. The van der Waals surface area contributed by atoms with Gasteiger partial charge in [-0.25, -0.2) is 17.6 Å². The van der Waals surface area contributed by atoms with Crippen molar-refractivity contribution in [2.75, 3.05) is 9.80 Å². The Morgan fingerprint density at radius 2 is 1.45 bits per heavy atom. The Balaban J connectivity index is 0.855. The summed E-state index contributed by atoms with van der Waals surface area (Å²) in [4.78, 5) is 4.27. The molecule has 15 rings (SSSR count). The Hall–Kier alpha value is -7.90. The van der Waals surface area contributed by atoms with E-state index in [1.807, 2.05) is 24.3 Å². The van der Waals surface area contributed by atoms with Crippen LogP contribution < -0.4 is 14.5 Å². The molecule has 0 bridgehead atoms. The molecular formula is C78H72F4N2O. The van der Waals surface area contributed by atoms with E-state index in [1.165, 1.54) is 40.5 Å². The van der Waals surface area contributed by atoms with Gasteiger partial charge in [0, 0.05) is 80.8 Å². The summed E-state index contributed by atoms with van der Waals surface area (Å²) in [5, 5.41) is 0. The van der Waals surface area contributed by atoms with Crippen LogP contribution in [0.4, 0.5) is 34.6 Å². The third kappa shape index (κ3) is 8.63. The predicted octanol–water partition coefficient (Wildman–Crippen LogP) is 20.1. The number of anilines is 3. The van der Waals surface area contributed by atoms with Crippen LogP contribution in [0, 0.1) is 64.4 Å². The normalized spacial score (nSPS) is 33.2. The fourth-order valence-electron chi connectivity index (χ4n) is 18.0. The van der Waals surface area contributed by atoms with Crippen LogP contribution in [0.1, 0.15) is 99.2 Å². The van der Waals surface area contributed by atoms with Crippen LogP contribution in [0.3, 0.4) is 0 Å². The Bertz CT molecular complexity index is 3840. The highest BCUT2D eigenvalue weighted by Gasteiger charge is 2.63. The molecule has 1 fully saturated rings. The summed E-state index contributed by atoms with van der Waals surface area (Å²) in [6, 6.07) is 17.3. The molecule has 1 heterocycles.